The van der Waals surface area contributed by atoms with E-state index in [2.05, 4.69) is 0 Å². The van der Waals surface area contributed by atoms with Gasteiger partial charge in [0.2, 0.25) is 0 Å². The molecule has 1 unspecified atom stereocenters. The largest absolute Gasteiger partial charge is 0.396 e. The first-order chi connectivity index (χ1) is 6.06. The summed E-state index contributed by atoms with van der Waals surface area (Å²) in [5.74, 6) is -3.05. The molecule has 0 radical (unpaired) electrons. The molecule has 1 N–H and O–H groups in total. The van der Waals surface area contributed by atoms with E-state index in [1.54, 1.807) is 11.8 Å². The molecule has 1 saturated heterocycles. The van der Waals surface area contributed by atoms with Crippen molar-refractivity contribution in [2.45, 2.75) is 25.7 Å². The number of halogens is 2. The Hall–Kier alpha value is -0.220. The molecule has 0 spiro atoms. The second kappa shape index (κ2) is 4.33. The van der Waals surface area contributed by atoms with Gasteiger partial charge in [-0.05, 0) is 19.4 Å². The van der Waals surface area contributed by atoms with Crippen LogP contribution in [0.15, 0.2) is 0 Å². The van der Waals surface area contributed by atoms with E-state index in [1.807, 2.05) is 0 Å². The molecule has 2 nitrogen and oxygen atoms in total. The minimum absolute atomic E-state index is 0.0810. The van der Waals surface area contributed by atoms with Crippen molar-refractivity contribution in [1.29, 1.82) is 0 Å². The van der Waals surface area contributed by atoms with Gasteiger partial charge in [0, 0.05) is 19.1 Å². The maximum Gasteiger partial charge on any atom is 0.263 e. The van der Waals surface area contributed by atoms with Crippen molar-refractivity contribution in [3.8, 4) is 0 Å². The fraction of sp³-hybridized carbons (Fsp3) is 1.00. The number of nitrogens with zero attached hydrogens (tertiary/aromatic N) is 1. The Morgan fingerprint density at radius 3 is 2.77 bits per heavy atom. The van der Waals surface area contributed by atoms with Gasteiger partial charge in [0.15, 0.2) is 0 Å². The highest BCUT2D eigenvalue weighted by atomic mass is 19.3. The van der Waals surface area contributed by atoms with Gasteiger partial charge >= 0.3 is 0 Å². The first kappa shape index (κ1) is 10.9. The van der Waals surface area contributed by atoms with E-state index >= 15 is 0 Å². The highest BCUT2D eigenvalue weighted by Gasteiger charge is 2.41. The van der Waals surface area contributed by atoms with Crippen LogP contribution in [0.3, 0.4) is 0 Å². The summed E-state index contributed by atoms with van der Waals surface area (Å²) < 4.78 is 26.3. The number of rotatable bonds is 3. The zero-order valence-corrected chi connectivity index (χ0v) is 7.97. The molecule has 0 aromatic carbocycles. The van der Waals surface area contributed by atoms with Crippen molar-refractivity contribution >= 4 is 0 Å². The van der Waals surface area contributed by atoms with Crippen LogP contribution in [0.5, 0.6) is 0 Å². The third-order valence-electron chi connectivity index (χ3n) is 2.67. The molecule has 0 aliphatic carbocycles. The average Bonchev–Trinajstić information content (AvgIpc) is 2.07. The smallest absolute Gasteiger partial charge is 0.263 e. The third-order valence-corrected chi connectivity index (χ3v) is 2.67. The normalized spacial score (nSPS) is 29.1. The zero-order chi connectivity index (χ0) is 9.90. The van der Waals surface area contributed by atoms with Crippen LogP contribution >= 0.6 is 0 Å². The van der Waals surface area contributed by atoms with Crippen LogP contribution in [0.1, 0.15) is 19.8 Å². The van der Waals surface area contributed by atoms with E-state index in [0.29, 0.717) is 19.4 Å². The maximum absolute atomic E-state index is 13.2. The van der Waals surface area contributed by atoms with Crippen LogP contribution in [0.4, 0.5) is 8.78 Å². The number of hydrogen-bond acceptors (Lipinski definition) is 2. The van der Waals surface area contributed by atoms with Gasteiger partial charge in [0.05, 0.1) is 6.54 Å². The number of likely N-dealkylation sites (tertiary alicyclic amines) is 1. The summed E-state index contributed by atoms with van der Waals surface area (Å²) in [6.07, 6.45) is 1.14. The highest BCUT2D eigenvalue weighted by molar-refractivity contribution is 4.83. The topological polar surface area (TPSA) is 23.5 Å². The molecule has 0 aromatic heterocycles. The van der Waals surface area contributed by atoms with Gasteiger partial charge in [-0.15, -0.1) is 0 Å². The predicted octanol–water partition coefficient (Wildman–Crippen LogP) is 1.35. The fourth-order valence-corrected chi connectivity index (χ4v) is 1.61. The van der Waals surface area contributed by atoms with Gasteiger partial charge in [-0.3, -0.25) is 4.90 Å². The molecular formula is C9H17F2NO. The Labute approximate surface area is 77.5 Å². The number of hydrogen-bond donors (Lipinski definition) is 1. The summed E-state index contributed by atoms with van der Waals surface area (Å²) >= 11 is 0. The van der Waals surface area contributed by atoms with E-state index in [1.165, 1.54) is 0 Å². The van der Waals surface area contributed by atoms with E-state index in [9.17, 15) is 8.78 Å². The van der Waals surface area contributed by atoms with Crippen molar-refractivity contribution in [2.75, 3.05) is 26.2 Å². The third kappa shape index (κ3) is 2.88. The van der Waals surface area contributed by atoms with E-state index in [-0.39, 0.29) is 13.2 Å². The van der Waals surface area contributed by atoms with E-state index in [0.717, 1.165) is 6.54 Å². The first-order valence-corrected chi connectivity index (χ1v) is 4.77. The van der Waals surface area contributed by atoms with E-state index < -0.39 is 11.8 Å². The van der Waals surface area contributed by atoms with E-state index in [4.69, 9.17) is 5.11 Å². The summed E-state index contributed by atoms with van der Waals surface area (Å²) in [6, 6.07) is 0. The Morgan fingerprint density at radius 1 is 1.54 bits per heavy atom. The summed E-state index contributed by atoms with van der Waals surface area (Å²) in [5, 5.41) is 8.56. The van der Waals surface area contributed by atoms with Crippen LogP contribution in [-0.4, -0.2) is 42.2 Å². The number of aliphatic hydroxyl groups is 1. The molecule has 0 amide bonds. The average molecular weight is 193 g/mol. The molecule has 1 atom stereocenters. The molecule has 0 aromatic rings. The Bertz CT molecular complexity index is 162. The first-order valence-electron chi connectivity index (χ1n) is 4.77. The standard InChI is InChI=1S/C9H17F2NO/c1-8-3-5-12(4-2-6-13)7-9(8,10)11/h8,13H,2-7H2,1H3. The fourth-order valence-electron chi connectivity index (χ4n) is 1.61. The summed E-state index contributed by atoms with van der Waals surface area (Å²) in [5.41, 5.74) is 0. The lowest BCUT2D eigenvalue weighted by Gasteiger charge is -2.36. The lowest BCUT2D eigenvalue weighted by molar-refractivity contribution is -0.105. The van der Waals surface area contributed by atoms with Gasteiger partial charge in [0.1, 0.15) is 0 Å². The Morgan fingerprint density at radius 2 is 2.23 bits per heavy atom. The van der Waals surface area contributed by atoms with Crippen LogP contribution in [0.2, 0.25) is 0 Å². The minimum Gasteiger partial charge on any atom is -0.396 e. The SMILES string of the molecule is CC1CCN(CCCO)CC1(F)F. The summed E-state index contributed by atoms with van der Waals surface area (Å²) in [4.78, 5) is 1.73. The van der Waals surface area contributed by atoms with Gasteiger partial charge in [-0.2, -0.15) is 0 Å². The molecule has 13 heavy (non-hydrogen) atoms. The molecular weight excluding hydrogens is 176 g/mol. The maximum atomic E-state index is 13.2. The summed E-state index contributed by atoms with van der Waals surface area (Å²) in [6.45, 7) is 2.85. The van der Waals surface area contributed by atoms with Crippen LogP contribution < -0.4 is 0 Å². The summed E-state index contributed by atoms with van der Waals surface area (Å²) in [7, 11) is 0. The molecule has 1 rings (SSSR count). The predicted molar refractivity (Wildman–Crippen MR) is 46.9 cm³/mol. The second-order valence-corrected chi connectivity index (χ2v) is 3.80. The van der Waals surface area contributed by atoms with Crippen LogP contribution in [0, 0.1) is 5.92 Å². The molecule has 0 bridgehead atoms. The lowest BCUT2D eigenvalue weighted by Crippen LogP contribution is -2.47. The Kier molecular flexibility index (Phi) is 3.62. The van der Waals surface area contributed by atoms with Gasteiger partial charge in [-0.1, -0.05) is 6.92 Å². The van der Waals surface area contributed by atoms with Crippen molar-refractivity contribution < 1.29 is 13.9 Å². The molecule has 1 aliphatic heterocycles. The molecule has 1 heterocycles. The van der Waals surface area contributed by atoms with Gasteiger partial charge in [-0.25, -0.2) is 8.78 Å². The van der Waals surface area contributed by atoms with Crippen molar-refractivity contribution in [1.82, 2.24) is 4.90 Å². The molecule has 78 valence electrons. The van der Waals surface area contributed by atoms with Gasteiger partial charge < -0.3 is 5.11 Å². The van der Waals surface area contributed by atoms with Gasteiger partial charge in [0.25, 0.3) is 5.92 Å². The Balaban J connectivity index is 2.37. The quantitative estimate of drug-likeness (QED) is 0.731. The number of piperidine rings is 1. The molecule has 1 fully saturated rings. The van der Waals surface area contributed by atoms with Crippen LogP contribution in [-0.2, 0) is 0 Å². The molecule has 4 heteroatoms. The highest BCUT2D eigenvalue weighted by Crippen LogP contribution is 2.32. The molecule has 1 aliphatic rings. The zero-order valence-electron chi connectivity index (χ0n) is 7.97. The van der Waals surface area contributed by atoms with Crippen molar-refractivity contribution in [3.05, 3.63) is 0 Å². The van der Waals surface area contributed by atoms with Crippen molar-refractivity contribution in [3.63, 3.8) is 0 Å². The second-order valence-electron chi connectivity index (χ2n) is 3.80. The number of alkyl halides is 2. The lowest BCUT2D eigenvalue weighted by atomic mass is 9.95. The van der Waals surface area contributed by atoms with Crippen molar-refractivity contribution in [2.24, 2.45) is 5.92 Å². The monoisotopic (exact) mass is 193 g/mol. The minimum atomic E-state index is -2.55. The molecule has 0 saturated carbocycles. The van der Waals surface area contributed by atoms with Crippen LogP contribution in [0.25, 0.3) is 0 Å². The number of aliphatic hydroxyl groups excluding tert-OH is 1.